The van der Waals surface area contributed by atoms with Crippen molar-refractivity contribution in [3.63, 3.8) is 0 Å². The largest absolute Gasteiger partial charge is 0.382 e. The van der Waals surface area contributed by atoms with Gasteiger partial charge in [0.15, 0.2) is 5.84 Å². The Morgan fingerprint density at radius 2 is 1.97 bits per heavy atom. The van der Waals surface area contributed by atoms with E-state index in [-0.39, 0.29) is 6.17 Å². The number of nitrogens with one attached hydrogen (secondary N) is 1. The normalized spacial score (nSPS) is 16.5. The van der Waals surface area contributed by atoms with E-state index in [2.05, 4.69) is 53.1 Å². The van der Waals surface area contributed by atoms with Gasteiger partial charge in [-0.15, -0.1) is 0 Å². The molecule has 0 aliphatic carbocycles. The van der Waals surface area contributed by atoms with Crippen LogP contribution in [0.1, 0.15) is 44.2 Å². The number of hydrogen-bond acceptors (Lipinski definition) is 5. The maximum Gasteiger partial charge on any atom is 0.150 e. The first-order valence-electron chi connectivity index (χ1n) is 12.7. The van der Waals surface area contributed by atoms with Crippen LogP contribution < -0.4 is 16.9 Å². The molecular weight excluding hydrogens is 482 g/mol. The molecule has 0 aromatic heterocycles. The summed E-state index contributed by atoms with van der Waals surface area (Å²) in [6.07, 6.45) is 11.1. The van der Waals surface area contributed by atoms with Crippen molar-refractivity contribution in [2.24, 2.45) is 16.7 Å². The summed E-state index contributed by atoms with van der Waals surface area (Å²) in [5.74, 6) is 5.75. The molecule has 1 aliphatic rings. The minimum absolute atomic E-state index is 0.133. The Morgan fingerprint density at radius 3 is 2.65 bits per heavy atom. The highest BCUT2D eigenvalue weighted by atomic mass is 35.5. The number of unbranched alkanes of at least 4 members (excludes halogenated alkanes) is 1. The second-order valence-corrected chi connectivity index (χ2v) is 9.28. The summed E-state index contributed by atoms with van der Waals surface area (Å²) in [5, 5.41) is 7.80. The standard InChI is InChI=1S/C30H38ClN5O/c1-4-7-11-22(6-3)20-37-21-27-29(31)34-28(14-8-5-2)36(27)19-23-15-17-24(18-16-23)25-12-9-10-13-26(25)30(32)35-33/h4,6-7,9-13,15-18,28,34H,1,5,8,14,19-21,33H2,2-3H3,(H2,32,35)/b11-7-,22-6+. The van der Waals surface area contributed by atoms with Crippen molar-refractivity contribution in [2.75, 3.05) is 13.2 Å². The molecule has 0 radical (unpaired) electrons. The van der Waals surface area contributed by atoms with Crippen LogP contribution in [0.15, 0.2) is 101 Å². The van der Waals surface area contributed by atoms with Crippen LogP contribution >= 0.6 is 11.6 Å². The van der Waals surface area contributed by atoms with E-state index in [0.717, 1.165) is 53.8 Å². The molecule has 0 saturated heterocycles. The van der Waals surface area contributed by atoms with Crippen LogP contribution in [-0.4, -0.2) is 30.1 Å². The fourth-order valence-corrected chi connectivity index (χ4v) is 4.59. The fraction of sp³-hybridized carbons (Fsp3) is 0.300. The number of halogens is 1. The van der Waals surface area contributed by atoms with Gasteiger partial charge < -0.3 is 26.5 Å². The van der Waals surface area contributed by atoms with Crippen molar-refractivity contribution in [3.8, 4) is 11.1 Å². The van der Waals surface area contributed by atoms with Crippen molar-refractivity contribution in [1.82, 2.24) is 10.2 Å². The van der Waals surface area contributed by atoms with Crippen molar-refractivity contribution in [1.29, 1.82) is 0 Å². The van der Waals surface area contributed by atoms with Crippen molar-refractivity contribution in [3.05, 3.63) is 107 Å². The Labute approximate surface area is 226 Å². The van der Waals surface area contributed by atoms with Gasteiger partial charge in [0.1, 0.15) is 5.16 Å². The van der Waals surface area contributed by atoms with Crippen LogP contribution in [0, 0.1) is 0 Å². The Hall–Kier alpha value is -3.48. The number of benzene rings is 2. The van der Waals surface area contributed by atoms with Crippen molar-refractivity contribution in [2.45, 2.75) is 45.8 Å². The van der Waals surface area contributed by atoms with Crippen LogP contribution in [0.2, 0.25) is 0 Å². The molecule has 1 atom stereocenters. The van der Waals surface area contributed by atoms with Gasteiger partial charge in [-0.3, -0.25) is 0 Å². The lowest BCUT2D eigenvalue weighted by atomic mass is 9.98. The van der Waals surface area contributed by atoms with E-state index < -0.39 is 0 Å². The third-order valence-electron chi connectivity index (χ3n) is 6.39. The van der Waals surface area contributed by atoms with Gasteiger partial charge >= 0.3 is 0 Å². The van der Waals surface area contributed by atoms with Gasteiger partial charge in [-0.1, -0.05) is 104 Å². The van der Waals surface area contributed by atoms with Crippen LogP contribution in [0.25, 0.3) is 11.1 Å². The van der Waals surface area contributed by atoms with Crippen LogP contribution in [0.5, 0.6) is 0 Å². The number of nitrogens with zero attached hydrogens (tertiary/aromatic N) is 2. The molecule has 1 heterocycles. The van der Waals surface area contributed by atoms with E-state index >= 15 is 0 Å². The second-order valence-electron chi connectivity index (χ2n) is 8.90. The highest BCUT2D eigenvalue weighted by molar-refractivity contribution is 6.29. The predicted octanol–water partition coefficient (Wildman–Crippen LogP) is 5.97. The number of hydrazone groups is 1. The van der Waals surface area contributed by atoms with E-state index in [0.29, 0.717) is 24.2 Å². The number of nitrogens with two attached hydrogens (primary N) is 2. The average Bonchev–Trinajstić information content (AvgIpc) is 3.22. The lowest BCUT2D eigenvalue weighted by Gasteiger charge is -2.29. The Balaban J connectivity index is 1.77. The predicted molar refractivity (Wildman–Crippen MR) is 156 cm³/mol. The molecule has 5 N–H and O–H groups in total. The van der Waals surface area contributed by atoms with Gasteiger partial charge in [0.05, 0.1) is 25.1 Å². The maximum absolute atomic E-state index is 6.68. The molecule has 7 heteroatoms. The summed E-state index contributed by atoms with van der Waals surface area (Å²) in [5.41, 5.74) is 12.1. The molecule has 1 unspecified atom stereocenters. The molecule has 2 aromatic rings. The number of hydrogen-bond donors (Lipinski definition) is 3. The SMILES string of the molecule is C=C/C=C\C(=C/C)COCC1=C(Cl)NC(CCCC)N1Cc1ccc(-c2ccccc2/C(N)=N/N)cc1. The lowest BCUT2D eigenvalue weighted by molar-refractivity contribution is 0.140. The van der Waals surface area contributed by atoms with Crippen molar-refractivity contribution >= 4 is 17.4 Å². The highest BCUT2D eigenvalue weighted by Crippen LogP contribution is 2.29. The summed E-state index contributed by atoms with van der Waals surface area (Å²) in [4.78, 5) is 2.33. The molecule has 0 amide bonds. The smallest absolute Gasteiger partial charge is 0.150 e. The molecule has 37 heavy (non-hydrogen) atoms. The van der Waals surface area contributed by atoms with Gasteiger partial charge in [0.25, 0.3) is 0 Å². The fourth-order valence-electron chi connectivity index (χ4n) is 4.30. The zero-order valence-electron chi connectivity index (χ0n) is 21.8. The molecule has 2 aromatic carbocycles. The van der Waals surface area contributed by atoms with Gasteiger partial charge in [-0.2, -0.15) is 5.10 Å². The molecule has 0 saturated carbocycles. The summed E-state index contributed by atoms with van der Waals surface area (Å²) >= 11 is 6.68. The number of rotatable bonds is 13. The topological polar surface area (TPSA) is 88.9 Å². The molecule has 0 spiro atoms. The zero-order chi connectivity index (χ0) is 26.6. The quantitative estimate of drug-likeness (QED) is 0.0757. The lowest BCUT2D eigenvalue weighted by Crippen LogP contribution is -2.37. The number of allylic oxidation sites excluding steroid dienone is 3. The molecule has 6 nitrogen and oxygen atoms in total. The molecule has 1 aliphatic heterocycles. The molecular formula is C30H38ClN5O. The average molecular weight is 520 g/mol. The minimum atomic E-state index is 0.133. The van der Waals surface area contributed by atoms with E-state index in [9.17, 15) is 0 Å². The van der Waals surface area contributed by atoms with E-state index in [1.54, 1.807) is 6.08 Å². The second kappa shape index (κ2) is 14.3. The third-order valence-corrected chi connectivity index (χ3v) is 6.71. The zero-order valence-corrected chi connectivity index (χ0v) is 22.5. The van der Waals surface area contributed by atoms with Gasteiger partial charge in [0.2, 0.25) is 0 Å². The molecule has 0 fully saturated rings. The third kappa shape index (κ3) is 7.51. The first-order chi connectivity index (χ1) is 18.0. The van der Waals surface area contributed by atoms with E-state index in [1.165, 1.54) is 5.56 Å². The summed E-state index contributed by atoms with van der Waals surface area (Å²) in [7, 11) is 0. The van der Waals surface area contributed by atoms with Gasteiger partial charge in [-0.05, 0) is 42.0 Å². The van der Waals surface area contributed by atoms with Gasteiger partial charge in [0, 0.05) is 12.1 Å². The Kier molecular flexibility index (Phi) is 10.9. The number of amidine groups is 1. The highest BCUT2D eigenvalue weighted by Gasteiger charge is 2.30. The molecule has 3 rings (SSSR count). The summed E-state index contributed by atoms with van der Waals surface area (Å²) in [6, 6.07) is 16.3. The Morgan fingerprint density at radius 1 is 1.22 bits per heavy atom. The van der Waals surface area contributed by atoms with Gasteiger partial charge in [-0.25, -0.2) is 0 Å². The van der Waals surface area contributed by atoms with Crippen LogP contribution in [0.3, 0.4) is 0 Å². The molecule has 196 valence electrons. The maximum atomic E-state index is 6.68. The van der Waals surface area contributed by atoms with E-state index in [1.807, 2.05) is 49.4 Å². The first-order valence-corrected chi connectivity index (χ1v) is 13.1. The summed E-state index contributed by atoms with van der Waals surface area (Å²) in [6.45, 7) is 9.59. The minimum Gasteiger partial charge on any atom is -0.382 e. The summed E-state index contributed by atoms with van der Waals surface area (Å²) < 4.78 is 6.07. The van der Waals surface area contributed by atoms with Crippen LogP contribution in [-0.2, 0) is 11.3 Å². The van der Waals surface area contributed by atoms with Crippen molar-refractivity contribution < 1.29 is 4.74 Å². The monoisotopic (exact) mass is 519 g/mol. The molecule has 0 bridgehead atoms. The first kappa shape index (κ1) is 28.1. The Bertz CT molecular complexity index is 1170. The van der Waals surface area contributed by atoms with E-state index in [4.69, 9.17) is 27.9 Å². The van der Waals surface area contributed by atoms with Crippen LogP contribution in [0.4, 0.5) is 0 Å². The number of ether oxygens (including phenoxy) is 1.